The molecular weight excluding hydrogens is 132 g/mol. The molecule has 0 saturated carbocycles. The molecule has 10 heavy (non-hydrogen) atoms. The Morgan fingerprint density at radius 3 is 2.90 bits per heavy atom. The third kappa shape index (κ3) is 5.31. The zero-order valence-electron chi connectivity index (χ0n) is 5.91. The third-order valence-corrected chi connectivity index (χ3v) is 0.721. The van der Waals surface area contributed by atoms with Gasteiger partial charge in [0.2, 0.25) is 0 Å². The highest BCUT2D eigenvalue weighted by Gasteiger charge is 1.98. The van der Waals surface area contributed by atoms with Crippen molar-refractivity contribution in [3.8, 4) is 0 Å². The minimum atomic E-state index is -0.839. The summed E-state index contributed by atoms with van der Waals surface area (Å²) in [7, 11) is 0. The average molecular weight is 143 g/mol. The van der Waals surface area contributed by atoms with Crippen LogP contribution in [0.15, 0.2) is 12.2 Å². The first-order valence-corrected chi connectivity index (χ1v) is 2.97. The van der Waals surface area contributed by atoms with E-state index in [1.807, 2.05) is 0 Å². The van der Waals surface area contributed by atoms with Gasteiger partial charge in [0.15, 0.2) is 0 Å². The number of ether oxygens (including phenoxy) is 1. The molecule has 57 valence electrons. The van der Waals surface area contributed by atoms with Gasteiger partial charge in [0.1, 0.15) is 6.61 Å². The lowest BCUT2D eigenvalue weighted by Crippen LogP contribution is -2.13. The summed E-state index contributed by atoms with van der Waals surface area (Å²) < 4.78 is 4.51. The van der Waals surface area contributed by atoms with Crippen molar-refractivity contribution >= 4 is 5.97 Å². The Morgan fingerprint density at radius 2 is 2.50 bits per heavy atom. The van der Waals surface area contributed by atoms with E-state index in [1.54, 1.807) is 13.0 Å². The minimum absolute atomic E-state index is 0.0524. The molecule has 0 amide bonds. The number of carbonyl (C=O) groups excluding carboxylic acids is 1. The molecule has 0 heterocycles. The van der Waals surface area contributed by atoms with Crippen LogP contribution < -0.4 is 0 Å². The van der Waals surface area contributed by atoms with Crippen molar-refractivity contribution in [2.45, 2.75) is 13.0 Å². The zero-order valence-corrected chi connectivity index (χ0v) is 5.91. The summed E-state index contributed by atoms with van der Waals surface area (Å²) in [5.74, 6) is -0.454. The van der Waals surface area contributed by atoms with E-state index in [0.717, 1.165) is 0 Å². The van der Waals surface area contributed by atoms with Gasteiger partial charge in [-0.25, -0.2) is 4.79 Å². The molecule has 0 aromatic rings. The fourth-order valence-electron chi connectivity index (χ4n) is 0.363. The van der Waals surface area contributed by atoms with Crippen LogP contribution in [0.3, 0.4) is 0 Å². The van der Waals surface area contributed by atoms with E-state index in [9.17, 15) is 4.79 Å². The Labute approximate surface area is 60.3 Å². The van der Waals surface area contributed by atoms with E-state index in [-0.39, 0.29) is 6.61 Å². The number of allylic oxidation sites excluding steroid dienone is 1. The summed E-state index contributed by atoms with van der Waals surface area (Å²) in [5.41, 5.74) is 0. The van der Waals surface area contributed by atoms with Gasteiger partial charge in [0.25, 0.3) is 0 Å². The van der Waals surface area contributed by atoms with Gasteiger partial charge >= 0.3 is 5.97 Å². The fourth-order valence-corrected chi connectivity index (χ4v) is 0.363. The highest BCUT2D eigenvalue weighted by molar-refractivity contribution is 5.81. The maximum absolute atomic E-state index is 10.5. The predicted molar refractivity (Wildman–Crippen MR) is 37.1 cm³/mol. The van der Waals surface area contributed by atoms with Crippen molar-refractivity contribution in [2.24, 2.45) is 0 Å². The summed E-state index contributed by atoms with van der Waals surface area (Å²) >= 11 is 0. The highest BCUT2D eigenvalue weighted by atomic mass is 16.5. The number of hydrogen-bond acceptors (Lipinski definition) is 3. The van der Waals surface area contributed by atoms with Gasteiger partial charge in [-0.3, -0.25) is 0 Å². The first kappa shape index (κ1) is 9.17. The van der Waals surface area contributed by atoms with Crippen LogP contribution in [0.4, 0.5) is 0 Å². The van der Waals surface area contributed by atoms with E-state index < -0.39 is 12.1 Å². The quantitative estimate of drug-likeness (QED) is 0.456. The molecule has 3 nitrogen and oxygen atoms in total. The molecule has 0 aliphatic carbocycles. The lowest BCUT2D eigenvalue weighted by molar-refractivity contribution is -0.139. The maximum Gasteiger partial charge on any atom is 0.330 e. The van der Waals surface area contributed by atoms with Gasteiger partial charge in [-0.2, -0.15) is 0 Å². The van der Waals surface area contributed by atoms with E-state index in [4.69, 9.17) is 5.11 Å². The van der Waals surface area contributed by atoms with Crippen LogP contribution in [0.1, 0.15) is 6.92 Å². The molecule has 1 N–H and O–H groups in total. The van der Waals surface area contributed by atoms with Crippen LogP contribution >= 0.6 is 0 Å². The molecule has 0 aromatic carbocycles. The summed E-state index contributed by atoms with van der Waals surface area (Å²) in [6, 6.07) is 0. The van der Waals surface area contributed by atoms with Crippen molar-refractivity contribution in [3.05, 3.63) is 19.1 Å². The fraction of sp³-hybridized carbons (Fsp3) is 0.429. The lowest BCUT2D eigenvalue weighted by atomic mass is 10.4. The molecule has 0 aromatic heterocycles. The van der Waals surface area contributed by atoms with Gasteiger partial charge in [-0.15, -0.1) is 0 Å². The Bertz CT molecular complexity index is 127. The maximum atomic E-state index is 10.5. The van der Waals surface area contributed by atoms with Crippen LogP contribution in [0.25, 0.3) is 0 Å². The Morgan fingerprint density at radius 1 is 1.90 bits per heavy atom. The van der Waals surface area contributed by atoms with Crippen LogP contribution in [0.5, 0.6) is 0 Å². The van der Waals surface area contributed by atoms with Crippen LogP contribution in [0, 0.1) is 6.92 Å². The second-order valence-electron chi connectivity index (χ2n) is 1.78. The number of esters is 1. The average Bonchev–Trinajstić information content (AvgIpc) is 1.85. The van der Waals surface area contributed by atoms with Gasteiger partial charge in [0.05, 0.1) is 6.10 Å². The van der Waals surface area contributed by atoms with Gasteiger partial charge in [-0.05, 0) is 13.8 Å². The summed E-state index contributed by atoms with van der Waals surface area (Å²) in [6.07, 6.45) is 2.01. The molecule has 0 saturated heterocycles. The highest BCUT2D eigenvalue weighted by Crippen LogP contribution is 1.84. The SMILES string of the molecule is [CH2]C(O)COC(=O)C=CC. The largest absolute Gasteiger partial charge is 0.460 e. The number of hydrogen-bond donors (Lipinski definition) is 1. The monoisotopic (exact) mass is 143 g/mol. The van der Waals surface area contributed by atoms with E-state index in [0.29, 0.717) is 0 Å². The molecule has 0 fully saturated rings. The molecular formula is C7H11O3. The van der Waals surface area contributed by atoms with Crippen molar-refractivity contribution in [1.29, 1.82) is 0 Å². The first-order chi connectivity index (χ1) is 4.66. The van der Waals surface area contributed by atoms with Crippen LogP contribution in [-0.4, -0.2) is 23.8 Å². The third-order valence-electron chi connectivity index (χ3n) is 0.721. The number of carbonyl (C=O) groups is 1. The molecule has 1 atom stereocenters. The summed E-state index contributed by atoms with van der Waals surface area (Å²) in [5, 5.41) is 8.56. The van der Waals surface area contributed by atoms with Crippen molar-refractivity contribution in [3.63, 3.8) is 0 Å². The van der Waals surface area contributed by atoms with E-state index in [1.165, 1.54) is 6.08 Å². The lowest BCUT2D eigenvalue weighted by Gasteiger charge is -2.02. The molecule has 0 bridgehead atoms. The Balaban J connectivity index is 3.40. The Hall–Kier alpha value is -0.830. The van der Waals surface area contributed by atoms with Crippen LogP contribution in [0.2, 0.25) is 0 Å². The Kier molecular flexibility index (Phi) is 4.58. The summed E-state index contributed by atoms with van der Waals surface area (Å²) in [4.78, 5) is 10.5. The van der Waals surface area contributed by atoms with Crippen LogP contribution in [-0.2, 0) is 9.53 Å². The predicted octanol–water partition coefficient (Wildman–Crippen LogP) is 0.301. The van der Waals surface area contributed by atoms with E-state index in [2.05, 4.69) is 11.7 Å². The molecule has 1 unspecified atom stereocenters. The molecule has 0 aliphatic rings. The molecule has 3 heteroatoms. The summed E-state index contributed by atoms with van der Waals surface area (Å²) in [6.45, 7) is 4.88. The number of aliphatic hydroxyl groups excluding tert-OH is 1. The molecule has 0 rings (SSSR count). The van der Waals surface area contributed by atoms with Gasteiger partial charge < -0.3 is 9.84 Å². The zero-order chi connectivity index (χ0) is 7.98. The van der Waals surface area contributed by atoms with Gasteiger partial charge in [-0.1, -0.05) is 6.08 Å². The second-order valence-corrected chi connectivity index (χ2v) is 1.78. The molecule has 1 radical (unpaired) electrons. The van der Waals surface area contributed by atoms with E-state index >= 15 is 0 Å². The topological polar surface area (TPSA) is 46.5 Å². The number of aliphatic hydroxyl groups is 1. The standard InChI is InChI=1S/C7H11O3/c1-3-4-7(9)10-5-6(2)8/h3-4,6,8H,2,5H2,1H3. The van der Waals surface area contributed by atoms with Crippen molar-refractivity contribution in [1.82, 2.24) is 0 Å². The molecule has 0 spiro atoms. The first-order valence-electron chi connectivity index (χ1n) is 2.97. The normalized spacial score (nSPS) is 13.5. The van der Waals surface area contributed by atoms with Gasteiger partial charge in [0, 0.05) is 6.08 Å². The van der Waals surface area contributed by atoms with Crippen molar-refractivity contribution in [2.75, 3.05) is 6.61 Å². The minimum Gasteiger partial charge on any atom is -0.460 e. The van der Waals surface area contributed by atoms with Crippen molar-refractivity contribution < 1.29 is 14.6 Å². The molecule has 0 aliphatic heterocycles. The smallest absolute Gasteiger partial charge is 0.330 e. The number of rotatable bonds is 3. The second kappa shape index (κ2) is 4.99.